The Morgan fingerprint density at radius 2 is 1.92 bits per heavy atom. The number of hydrogen-bond acceptors (Lipinski definition) is 8. The first kappa shape index (κ1) is 25.1. The number of hydrogen-bond donors (Lipinski definition) is 3. The van der Waals surface area contributed by atoms with Crippen molar-refractivity contribution >= 4 is 40.6 Å². The van der Waals surface area contributed by atoms with Gasteiger partial charge in [-0.1, -0.05) is 30.3 Å². The van der Waals surface area contributed by atoms with Crippen LogP contribution in [0.4, 0.5) is 11.4 Å². The van der Waals surface area contributed by atoms with Crippen LogP contribution in [0.1, 0.15) is 44.6 Å². The largest absolute Gasteiger partial charge is 0.497 e. The molecule has 0 saturated carbocycles. The maximum atomic E-state index is 13.9. The lowest BCUT2D eigenvalue weighted by Gasteiger charge is -2.31. The van der Waals surface area contributed by atoms with Crippen molar-refractivity contribution in [3.63, 3.8) is 0 Å². The van der Waals surface area contributed by atoms with Gasteiger partial charge in [0.1, 0.15) is 16.7 Å². The van der Waals surface area contributed by atoms with Gasteiger partial charge in [-0.15, -0.1) is 0 Å². The third kappa shape index (κ3) is 5.31. The second kappa shape index (κ2) is 11.2. The number of para-hydroxylation sites is 1. The summed E-state index contributed by atoms with van der Waals surface area (Å²) < 4.78 is 14.9. The van der Waals surface area contributed by atoms with Gasteiger partial charge in [0.05, 0.1) is 18.9 Å². The van der Waals surface area contributed by atoms with E-state index >= 15 is 0 Å². The fraction of sp³-hybridized carbons (Fsp3) is 0.280. The Morgan fingerprint density at radius 3 is 2.50 bits per heavy atom. The van der Waals surface area contributed by atoms with Gasteiger partial charge in [-0.3, -0.25) is 19.3 Å². The van der Waals surface area contributed by atoms with E-state index in [0.29, 0.717) is 30.2 Å². The Morgan fingerprint density at radius 1 is 1.19 bits per heavy atom. The summed E-state index contributed by atoms with van der Waals surface area (Å²) in [6, 6.07) is 14.6. The van der Waals surface area contributed by atoms with Crippen molar-refractivity contribution in [3.8, 4) is 5.75 Å². The molecular formula is C25H27N5O5S. The number of carbonyl (C=O) groups excluding carboxylic acids is 3. The molecule has 1 fully saturated rings. The van der Waals surface area contributed by atoms with Crippen LogP contribution in [0.2, 0.25) is 0 Å². The Kier molecular flexibility index (Phi) is 7.81. The van der Waals surface area contributed by atoms with Gasteiger partial charge in [-0.2, -0.15) is 4.37 Å². The van der Waals surface area contributed by atoms with Crippen molar-refractivity contribution in [3.05, 3.63) is 70.7 Å². The van der Waals surface area contributed by atoms with Gasteiger partial charge < -0.3 is 26.3 Å². The summed E-state index contributed by atoms with van der Waals surface area (Å²) in [5.41, 5.74) is 12.1. The van der Waals surface area contributed by atoms with Crippen molar-refractivity contribution in [2.24, 2.45) is 5.73 Å². The first-order valence-corrected chi connectivity index (χ1v) is 12.1. The van der Waals surface area contributed by atoms with Crippen LogP contribution < -0.4 is 26.4 Å². The molecule has 0 aliphatic carbocycles. The number of nitrogens with zero attached hydrogens (tertiary/aromatic N) is 2. The molecule has 11 heteroatoms. The van der Waals surface area contributed by atoms with E-state index in [1.54, 1.807) is 61.7 Å². The van der Waals surface area contributed by atoms with E-state index in [-0.39, 0.29) is 22.4 Å². The molecule has 5 N–H and O–H groups in total. The summed E-state index contributed by atoms with van der Waals surface area (Å²) in [5.74, 6) is -1.22. The van der Waals surface area contributed by atoms with Crippen LogP contribution in [-0.2, 0) is 9.53 Å². The zero-order valence-electron chi connectivity index (χ0n) is 19.7. The highest BCUT2D eigenvalue weighted by Crippen LogP contribution is 2.33. The number of amides is 3. The third-order valence-corrected chi connectivity index (χ3v) is 6.73. The molecule has 2 heterocycles. The van der Waals surface area contributed by atoms with Crippen molar-refractivity contribution in [1.29, 1.82) is 0 Å². The van der Waals surface area contributed by atoms with Crippen molar-refractivity contribution in [2.75, 3.05) is 30.9 Å². The number of carbonyl (C=O) groups is 3. The predicted octanol–water partition coefficient (Wildman–Crippen LogP) is 2.52. The second-order valence-electron chi connectivity index (χ2n) is 8.20. The molecule has 10 nitrogen and oxygen atoms in total. The number of primary amides is 1. The highest BCUT2D eigenvalue weighted by atomic mass is 32.1. The molecular weight excluding hydrogens is 482 g/mol. The Bertz CT molecular complexity index is 1230. The summed E-state index contributed by atoms with van der Waals surface area (Å²) in [4.78, 5) is 40.7. The topological polar surface area (TPSA) is 150 Å². The second-order valence-corrected chi connectivity index (χ2v) is 8.98. The van der Waals surface area contributed by atoms with Crippen LogP contribution in [0.5, 0.6) is 5.75 Å². The first-order chi connectivity index (χ1) is 17.4. The van der Waals surface area contributed by atoms with E-state index in [2.05, 4.69) is 9.69 Å². The molecule has 36 heavy (non-hydrogen) atoms. The van der Waals surface area contributed by atoms with Gasteiger partial charge in [0.15, 0.2) is 5.69 Å². The van der Waals surface area contributed by atoms with Gasteiger partial charge in [0.2, 0.25) is 5.91 Å². The van der Waals surface area contributed by atoms with Crippen molar-refractivity contribution in [1.82, 2.24) is 9.69 Å². The zero-order chi connectivity index (χ0) is 25.7. The normalized spacial score (nSPS) is 15.8. The average Bonchev–Trinajstić information content (AvgIpc) is 3.56. The quantitative estimate of drug-likeness (QED) is 0.401. The van der Waals surface area contributed by atoms with Crippen LogP contribution in [0.25, 0.3) is 0 Å². The minimum Gasteiger partial charge on any atom is -0.497 e. The number of benzene rings is 2. The third-order valence-electron chi connectivity index (χ3n) is 5.87. The molecule has 2 aromatic carbocycles. The molecule has 1 aliphatic rings. The highest BCUT2D eigenvalue weighted by molar-refractivity contribution is 7.09. The maximum absolute atomic E-state index is 13.9. The van der Waals surface area contributed by atoms with Gasteiger partial charge >= 0.3 is 0 Å². The minimum atomic E-state index is -1.06. The number of methoxy groups -OCH3 is 1. The molecule has 3 amide bonds. The standard InChI is InChI=1S/C25H27N5O5S/c1-34-17-11-9-15(10-12-17)21(24(32)28-14-18-8-5-13-35-18)30(16-6-3-2-4-7-16)25(33)22-19(26)20(23(27)31)29-36-22/h2-4,6-7,9-12,18,21H,5,8,13-14,26H2,1H3,(H2,27,31)(H,28,32). The minimum absolute atomic E-state index is 0.0121. The lowest BCUT2D eigenvalue weighted by Crippen LogP contribution is -2.45. The predicted molar refractivity (Wildman–Crippen MR) is 136 cm³/mol. The molecule has 4 rings (SSSR count). The highest BCUT2D eigenvalue weighted by Gasteiger charge is 2.36. The van der Waals surface area contributed by atoms with E-state index in [0.717, 1.165) is 24.4 Å². The molecule has 0 radical (unpaired) electrons. The van der Waals surface area contributed by atoms with Crippen LogP contribution >= 0.6 is 11.5 Å². The van der Waals surface area contributed by atoms with E-state index in [4.69, 9.17) is 20.9 Å². The smallest absolute Gasteiger partial charge is 0.273 e. The Hall–Kier alpha value is -3.96. The molecule has 0 spiro atoms. The number of nitrogens with one attached hydrogen (secondary N) is 1. The molecule has 1 aliphatic heterocycles. The Balaban J connectivity index is 1.78. The molecule has 1 aromatic heterocycles. The fourth-order valence-electron chi connectivity index (χ4n) is 4.03. The fourth-order valence-corrected chi connectivity index (χ4v) is 4.77. The van der Waals surface area contributed by atoms with E-state index in [1.165, 1.54) is 4.90 Å². The first-order valence-electron chi connectivity index (χ1n) is 11.4. The summed E-state index contributed by atoms with van der Waals surface area (Å²) in [6.07, 6.45) is 1.70. The van der Waals surface area contributed by atoms with Crippen LogP contribution in [0.3, 0.4) is 0 Å². The maximum Gasteiger partial charge on any atom is 0.273 e. The number of ether oxygens (including phenoxy) is 2. The lowest BCUT2D eigenvalue weighted by molar-refractivity contribution is -0.123. The van der Waals surface area contributed by atoms with E-state index in [9.17, 15) is 14.4 Å². The molecule has 0 bridgehead atoms. The summed E-state index contributed by atoms with van der Waals surface area (Å²) in [6.45, 7) is 0.973. The van der Waals surface area contributed by atoms with Crippen molar-refractivity contribution < 1.29 is 23.9 Å². The lowest BCUT2D eigenvalue weighted by atomic mass is 10.0. The average molecular weight is 510 g/mol. The summed E-state index contributed by atoms with van der Waals surface area (Å²) in [7, 11) is 1.55. The molecule has 2 atom stereocenters. The molecule has 3 aromatic rings. The number of anilines is 2. The molecule has 2 unspecified atom stereocenters. The number of rotatable bonds is 9. The molecule has 1 saturated heterocycles. The van der Waals surface area contributed by atoms with Gasteiger partial charge in [0, 0.05) is 18.8 Å². The van der Waals surface area contributed by atoms with Crippen molar-refractivity contribution in [2.45, 2.75) is 25.0 Å². The van der Waals surface area contributed by atoms with E-state index in [1.807, 2.05) is 0 Å². The van der Waals surface area contributed by atoms with Gasteiger partial charge in [0.25, 0.3) is 11.8 Å². The summed E-state index contributed by atoms with van der Waals surface area (Å²) >= 11 is 0.761. The molecule has 188 valence electrons. The summed E-state index contributed by atoms with van der Waals surface area (Å²) in [5, 5.41) is 2.94. The monoisotopic (exact) mass is 509 g/mol. The zero-order valence-corrected chi connectivity index (χ0v) is 20.5. The number of nitrogens with two attached hydrogens (primary N) is 2. The van der Waals surface area contributed by atoms with Gasteiger partial charge in [-0.05, 0) is 54.2 Å². The number of nitrogen functional groups attached to an aromatic ring is 1. The van der Waals surface area contributed by atoms with Crippen LogP contribution in [0, 0.1) is 0 Å². The van der Waals surface area contributed by atoms with Crippen LogP contribution in [0.15, 0.2) is 54.6 Å². The Labute approximate surface area is 212 Å². The van der Waals surface area contributed by atoms with Crippen LogP contribution in [-0.4, -0.2) is 48.5 Å². The SMILES string of the molecule is COc1ccc(C(C(=O)NCC2CCCO2)N(C(=O)c2snc(C(N)=O)c2N)c2ccccc2)cc1. The van der Waals surface area contributed by atoms with E-state index < -0.39 is 23.8 Å². The number of aromatic nitrogens is 1. The van der Waals surface area contributed by atoms with Gasteiger partial charge in [-0.25, -0.2) is 0 Å².